The van der Waals surface area contributed by atoms with Crippen LogP contribution in [0.3, 0.4) is 0 Å². The van der Waals surface area contributed by atoms with Gasteiger partial charge in [0.1, 0.15) is 0 Å². The van der Waals surface area contributed by atoms with Gasteiger partial charge in [-0.05, 0) is 43.0 Å². The Labute approximate surface area is 163 Å². The van der Waals surface area contributed by atoms with Gasteiger partial charge in [0.25, 0.3) is 0 Å². The van der Waals surface area contributed by atoms with Gasteiger partial charge in [-0.15, -0.1) is 0 Å². The number of rotatable bonds is 6. The normalized spacial score (nSPS) is 21.2. The van der Waals surface area contributed by atoms with Crippen LogP contribution in [0.25, 0.3) is 0 Å². The molecule has 0 aliphatic carbocycles. The molecule has 3 atom stereocenters. The summed E-state index contributed by atoms with van der Waals surface area (Å²) in [5, 5.41) is 0. The molecule has 1 aliphatic heterocycles. The van der Waals surface area contributed by atoms with Crippen LogP contribution in [-0.4, -0.2) is 48.4 Å². The molecule has 27 heavy (non-hydrogen) atoms. The third-order valence-electron chi connectivity index (χ3n) is 5.95. The van der Waals surface area contributed by atoms with Crippen molar-refractivity contribution in [1.29, 1.82) is 0 Å². The molecular weight excluding hydrogens is 334 g/mol. The van der Waals surface area contributed by atoms with Gasteiger partial charge in [-0.3, -0.25) is 9.69 Å². The van der Waals surface area contributed by atoms with Crippen molar-refractivity contribution < 1.29 is 4.79 Å². The molecule has 144 valence electrons. The summed E-state index contributed by atoms with van der Waals surface area (Å²) >= 11 is 0. The second-order valence-corrected chi connectivity index (χ2v) is 7.76. The summed E-state index contributed by atoms with van der Waals surface area (Å²) in [4.78, 5) is 17.2. The molecule has 3 rings (SSSR count). The Balaban J connectivity index is 1.67. The molecule has 1 amide bonds. The molecule has 1 fully saturated rings. The molecule has 1 aliphatic rings. The number of hydrogen-bond donors (Lipinski definition) is 1. The number of likely N-dealkylation sites (tertiary alicyclic amines) is 1. The number of likely N-dealkylation sites (N-methyl/N-ethyl adjacent to an activating group) is 1. The highest BCUT2D eigenvalue weighted by Gasteiger charge is 2.37. The maximum atomic E-state index is 13.0. The smallest absolute Gasteiger partial charge is 0.239 e. The number of hydrogen-bond acceptors (Lipinski definition) is 3. The molecule has 0 saturated carbocycles. The zero-order valence-electron chi connectivity index (χ0n) is 16.6. The molecule has 4 heteroatoms. The minimum atomic E-state index is -0.137. The molecule has 2 aromatic carbocycles. The second kappa shape index (κ2) is 8.68. The fourth-order valence-corrected chi connectivity index (χ4v) is 4.13. The molecule has 1 unspecified atom stereocenters. The summed E-state index contributed by atoms with van der Waals surface area (Å²) in [7, 11) is 1.90. The maximum absolute atomic E-state index is 13.0. The Hall–Kier alpha value is -2.17. The fourth-order valence-electron chi connectivity index (χ4n) is 4.13. The van der Waals surface area contributed by atoms with E-state index in [1.807, 2.05) is 37.1 Å². The van der Waals surface area contributed by atoms with Crippen LogP contribution in [-0.2, 0) is 11.3 Å². The van der Waals surface area contributed by atoms with Crippen molar-refractivity contribution in [3.63, 3.8) is 0 Å². The van der Waals surface area contributed by atoms with Gasteiger partial charge in [-0.2, -0.15) is 0 Å². The Morgan fingerprint density at radius 1 is 1.15 bits per heavy atom. The van der Waals surface area contributed by atoms with Gasteiger partial charge in [-0.25, -0.2) is 0 Å². The number of nitrogens with zero attached hydrogens (tertiary/aromatic N) is 2. The lowest BCUT2D eigenvalue weighted by Crippen LogP contribution is -2.45. The van der Waals surface area contributed by atoms with E-state index in [0.29, 0.717) is 24.9 Å². The highest BCUT2D eigenvalue weighted by Crippen LogP contribution is 2.33. The standard InChI is InChI=1S/C23H31N3O/c1-17-9-7-8-12-20(17)14-25(3)23(27)18(2)26-15-21(13-24)22(16-26)19-10-5-4-6-11-19/h4-12,18,21-22H,13-16,24H2,1-3H3/t18?,21-,22+/m1/s1. The van der Waals surface area contributed by atoms with E-state index in [0.717, 1.165) is 13.1 Å². The van der Waals surface area contributed by atoms with Crippen LogP contribution in [0.5, 0.6) is 0 Å². The van der Waals surface area contributed by atoms with E-state index in [2.05, 4.69) is 48.2 Å². The van der Waals surface area contributed by atoms with Crippen LogP contribution < -0.4 is 5.73 Å². The summed E-state index contributed by atoms with van der Waals surface area (Å²) < 4.78 is 0. The van der Waals surface area contributed by atoms with Gasteiger partial charge in [0, 0.05) is 32.6 Å². The van der Waals surface area contributed by atoms with Crippen molar-refractivity contribution in [2.45, 2.75) is 32.4 Å². The number of carbonyl (C=O) groups is 1. The van der Waals surface area contributed by atoms with Gasteiger partial charge in [0.05, 0.1) is 6.04 Å². The van der Waals surface area contributed by atoms with Crippen LogP contribution in [0, 0.1) is 12.8 Å². The van der Waals surface area contributed by atoms with E-state index in [1.165, 1.54) is 16.7 Å². The first-order valence-electron chi connectivity index (χ1n) is 9.79. The van der Waals surface area contributed by atoms with E-state index in [9.17, 15) is 4.79 Å². The first-order chi connectivity index (χ1) is 13.0. The van der Waals surface area contributed by atoms with Crippen LogP contribution in [0.2, 0.25) is 0 Å². The molecule has 1 heterocycles. The van der Waals surface area contributed by atoms with Crippen LogP contribution in [0.15, 0.2) is 54.6 Å². The summed E-state index contributed by atoms with van der Waals surface area (Å²) in [6, 6.07) is 18.7. The largest absolute Gasteiger partial charge is 0.340 e. The van der Waals surface area contributed by atoms with E-state index < -0.39 is 0 Å². The number of nitrogens with two attached hydrogens (primary N) is 1. The predicted octanol–water partition coefficient (Wildman–Crippen LogP) is 3.02. The fraction of sp³-hybridized carbons (Fsp3) is 0.435. The van der Waals surface area contributed by atoms with Crippen molar-refractivity contribution in [3.8, 4) is 0 Å². The van der Waals surface area contributed by atoms with Crippen LogP contribution in [0.1, 0.15) is 29.5 Å². The topological polar surface area (TPSA) is 49.6 Å². The molecule has 2 aromatic rings. The van der Waals surface area contributed by atoms with Gasteiger partial charge in [0.2, 0.25) is 5.91 Å². The van der Waals surface area contributed by atoms with Crippen molar-refractivity contribution in [3.05, 3.63) is 71.3 Å². The first-order valence-corrected chi connectivity index (χ1v) is 9.79. The zero-order valence-corrected chi connectivity index (χ0v) is 16.6. The minimum absolute atomic E-state index is 0.137. The Kier molecular flexibility index (Phi) is 6.30. The van der Waals surface area contributed by atoms with Crippen molar-refractivity contribution in [2.24, 2.45) is 11.7 Å². The summed E-state index contributed by atoms with van der Waals surface area (Å²) in [6.45, 7) is 7.17. The third-order valence-corrected chi connectivity index (χ3v) is 5.95. The van der Waals surface area contributed by atoms with E-state index >= 15 is 0 Å². The summed E-state index contributed by atoms with van der Waals surface area (Å²) in [5.74, 6) is 0.959. The Morgan fingerprint density at radius 2 is 1.81 bits per heavy atom. The summed E-state index contributed by atoms with van der Waals surface area (Å²) in [6.07, 6.45) is 0. The van der Waals surface area contributed by atoms with Crippen molar-refractivity contribution >= 4 is 5.91 Å². The number of amides is 1. The molecule has 1 saturated heterocycles. The Bertz CT molecular complexity index is 761. The highest BCUT2D eigenvalue weighted by atomic mass is 16.2. The van der Waals surface area contributed by atoms with Crippen molar-refractivity contribution in [1.82, 2.24) is 9.80 Å². The average molecular weight is 366 g/mol. The van der Waals surface area contributed by atoms with E-state index in [4.69, 9.17) is 5.73 Å². The molecule has 0 bridgehead atoms. The number of aryl methyl sites for hydroxylation is 1. The first kappa shape index (κ1) is 19.6. The van der Waals surface area contributed by atoms with Gasteiger partial charge in [-0.1, -0.05) is 54.6 Å². The van der Waals surface area contributed by atoms with Crippen molar-refractivity contribution in [2.75, 3.05) is 26.7 Å². The highest BCUT2D eigenvalue weighted by molar-refractivity contribution is 5.81. The molecular formula is C23H31N3O. The van der Waals surface area contributed by atoms with Gasteiger partial charge < -0.3 is 10.6 Å². The maximum Gasteiger partial charge on any atom is 0.239 e. The van der Waals surface area contributed by atoms with Crippen LogP contribution >= 0.6 is 0 Å². The lowest BCUT2D eigenvalue weighted by Gasteiger charge is -2.28. The number of benzene rings is 2. The average Bonchev–Trinajstić information content (AvgIpc) is 3.13. The Morgan fingerprint density at radius 3 is 2.48 bits per heavy atom. The summed E-state index contributed by atoms with van der Waals surface area (Å²) in [5.41, 5.74) is 9.80. The molecule has 2 N–H and O–H groups in total. The predicted molar refractivity (Wildman–Crippen MR) is 110 cm³/mol. The SMILES string of the molecule is Cc1ccccc1CN(C)C(=O)C(C)N1C[C@@H](CN)[C@H](c2ccccc2)C1. The number of carbonyl (C=O) groups excluding carboxylic acids is 1. The molecule has 0 aromatic heterocycles. The minimum Gasteiger partial charge on any atom is -0.340 e. The van der Waals surface area contributed by atoms with Gasteiger partial charge in [0.15, 0.2) is 0 Å². The van der Waals surface area contributed by atoms with Gasteiger partial charge >= 0.3 is 0 Å². The molecule has 0 radical (unpaired) electrons. The second-order valence-electron chi connectivity index (χ2n) is 7.76. The van der Waals surface area contributed by atoms with E-state index in [1.54, 1.807) is 0 Å². The molecule has 4 nitrogen and oxygen atoms in total. The zero-order chi connectivity index (χ0) is 19.4. The third kappa shape index (κ3) is 4.40. The molecule has 0 spiro atoms. The van der Waals surface area contributed by atoms with Crippen LogP contribution in [0.4, 0.5) is 0 Å². The quantitative estimate of drug-likeness (QED) is 0.856. The monoisotopic (exact) mass is 365 g/mol. The van der Waals surface area contributed by atoms with E-state index in [-0.39, 0.29) is 11.9 Å². The lowest BCUT2D eigenvalue weighted by molar-refractivity contribution is -0.135. The lowest BCUT2D eigenvalue weighted by atomic mass is 9.89.